The summed E-state index contributed by atoms with van der Waals surface area (Å²) in [5.74, 6) is 0.795. The quantitative estimate of drug-likeness (QED) is 0.863. The number of nitrogen functional groups attached to an aromatic ring is 1. The van der Waals surface area contributed by atoms with Crippen molar-refractivity contribution in [2.24, 2.45) is 0 Å². The van der Waals surface area contributed by atoms with Gasteiger partial charge in [0.15, 0.2) is 0 Å². The van der Waals surface area contributed by atoms with Crippen LogP contribution in [-0.2, 0) is 17.8 Å². The molecule has 0 aliphatic heterocycles. The molecule has 5 nitrogen and oxygen atoms in total. The van der Waals surface area contributed by atoms with E-state index in [9.17, 15) is 0 Å². The maximum absolute atomic E-state index is 5.68. The highest BCUT2D eigenvalue weighted by Gasteiger charge is 2.04. The summed E-state index contributed by atoms with van der Waals surface area (Å²) in [4.78, 5) is 0. The molecule has 18 heavy (non-hydrogen) atoms. The van der Waals surface area contributed by atoms with Crippen LogP contribution in [0.25, 0.3) is 0 Å². The number of ether oxygens (including phenoxy) is 2. The Morgan fingerprint density at radius 2 is 2.06 bits per heavy atom. The first-order valence-electron chi connectivity index (χ1n) is 5.57. The molecular formula is C12H15N3O2S. The molecule has 2 aromatic rings. The van der Waals surface area contributed by atoms with Gasteiger partial charge in [0.1, 0.15) is 23.1 Å². The Labute approximate surface area is 110 Å². The molecule has 2 rings (SSSR count). The summed E-state index contributed by atoms with van der Waals surface area (Å²) in [7, 11) is 1.70. The smallest absolute Gasteiger partial charge is 0.136 e. The Balaban J connectivity index is 1.88. The Morgan fingerprint density at radius 3 is 2.67 bits per heavy atom. The van der Waals surface area contributed by atoms with Gasteiger partial charge >= 0.3 is 0 Å². The largest absolute Gasteiger partial charge is 0.487 e. The van der Waals surface area contributed by atoms with Crippen molar-refractivity contribution in [2.75, 3.05) is 19.5 Å². The second kappa shape index (κ2) is 6.32. The van der Waals surface area contributed by atoms with Crippen LogP contribution in [0.15, 0.2) is 24.3 Å². The Morgan fingerprint density at radius 1 is 1.28 bits per heavy atom. The van der Waals surface area contributed by atoms with Gasteiger partial charge in [0.2, 0.25) is 0 Å². The molecule has 1 heterocycles. The first-order valence-corrected chi connectivity index (χ1v) is 6.34. The van der Waals surface area contributed by atoms with Crippen LogP contribution in [0, 0.1) is 0 Å². The first kappa shape index (κ1) is 12.8. The number of hydrogen-bond donors (Lipinski definition) is 1. The third-order valence-electron chi connectivity index (χ3n) is 2.48. The highest BCUT2D eigenvalue weighted by molar-refractivity contribution is 7.09. The van der Waals surface area contributed by atoms with Crippen LogP contribution in [0.4, 0.5) is 5.00 Å². The lowest BCUT2D eigenvalue weighted by molar-refractivity contribution is 0.202. The van der Waals surface area contributed by atoms with Crippen molar-refractivity contribution in [1.82, 2.24) is 9.59 Å². The fourth-order valence-corrected chi connectivity index (χ4v) is 1.87. The number of hydrogen-bond acceptors (Lipinski definition) is 6. The van der Waals surface area contributed by atoms with Crippen molar-refractivity contribution < 1.29 is 9.47 Å². The number of anilines is 1. The van der Waals surface area contributed by atoms with Gasteiger partial charge in [0, 0.05) is 18.6 Å². The van der Waals surface area contributed by atoms with E-state index in [1.807, 2.05) is 24.3 Å². The minimum absolute atomic E-state index is 0.347. The van der Waals surface area contributed by atoms with Crippen LogP contribution < -0.4 is 10.5 Å². The third-order valence-corrected chi connectivity index (χ3v) is 3.07. The number of rotatable bonds is 6. The van der Waals surface area contributed by atoms with E-state index < -0.39 is 0 Å². The molecule has 0 amide bonds. The molecule has 6 heteroatoms. The molecule has 1 aromatic heterocycles. The molecule has 0 unspecified atom stereocenters. The summed E-state index contributed by atoms with van der Waals surface area (Å²) in [6.07, 6.45) is 0.903. The third kappa shape index (κ3) is 3.41. The van der Waals surface area contributed by atoms with E-state index in [2.05, 4.69) is 9.59 Å². The topological polar surface area (TPSA) is 70.3 Å². The molecule has 0 spiro atoms. The second-order valence-electron chi connectivity index (χ2n) is 3.76. The van der Waals surface area contributed by atoms with Gasteiger partial charge in [-0.3, -0.25) is 0 Å². The predicted molar refractivity (Wildman–Crippen MR) is 70.7 cm³/mol. The van der Waals surface area contributed by atoms with Gasteiger partial charge < -0.3 is 15.2 Å². The van der Waals surface area contributed by atoms with Crippen LogP contribution in [0.1, 0.15) is 11.3 Å². The number of nitrogens with two attached hydrogens (primary N) is 1. The van der Waals surface area contributed by atoms with Gasteiger partial charge in [-0.05, 0) is 24.1 Å². The maximum atomic E-state index is 5.68. The van der Waals surface area contributed by atoms with Crippen molar-refractivity contribution in [3.05, 3.63) is 35.5 Å². The van der Waals surface area contributed by atoms with Crippen LogP contribution in [0.2, 0.25) is 0 Å². The van der Waals surface area contributed by atoms with E-state index >= 15 is 0 Å². The van der Waals surface area contributed by atoms with Crippen molar-refractivity contribution in [3.8, 4) is 5.75 Å². The number of nitrogens with zero attached hydrogens (tertiary/aromatic N) is 2. The highest BCUT2D eigenvalue weighted by atomic mass is 32.1. The average Bonchev–Trinajstić information content (AvgIpc) is 2.81. The normalized spacial score (nSPS) is 10.5. The SMILES string of the molecule is COCCc1ccc(OCc2nnsc2N)cc1. The molecule has 0 aliphatic carbocycles. The lowest BCUT2D eigenvalue weighted by Crippen LogP contribution is -1.99. The molecule has 96 valence electrons. The van der Waals surface area contributed by atoms with Gasteiger partial charge in [-0.1, -0.05) is 16.6 Å². The molecule has 0 fully saturated rings. The van der Waals surface area contributed by atoms with Gasteiger partial charge in [0.25, 0.3) is 0 Å². The molecule has 0 radical (unpaired) electrons. The molecule has 0 aliphatic rings. The summed E-state index contributed by atoms with van der Waals surface area (Å²) in [6.45, 7) is 1.07. The molecule has 0 bridgehead atoms. The van der Waals surface area contributed by atoms with Crippen molar-refractivity contribution in [3.63, 3.8) is 0 Å². The minimum Gasteiger partial charge on any atom is -0.487 e. The molecule has 0 atom stereocenters. The zero-order valence-corrected chi connectivity index (χ0v) is 10.9. The zero-order valence-electron chi connectivity index (χ0n) is 10.1. The monoisotopic (exact) mass is 265 g/mol. The fraction of sp³-hybridized carbons (Fsp3) is 0.333. The fourth-order valence-electron chi connectivity index (χ4n) is 1.44. The summed E-state index contributed by atoms with van der Waals surface area (Å²) >= 11 is 1.17. The number of aromatic nitrogens is 2. The average molecular weight is 265 g/mol. The van der Waals surface area contributed by atoms with E-state index in [1.54, 1.807) is 7.11 Å². The Hall–Kier alpha value is -1.66. The maximum Gasteiger partial charge on any atom is 0.136 e. The van der Waals surface area contributed by atoms with E-state index in [0.29, 0.717) is 17.3 Å². The van der Waals surface area contributed by atoms with Crippen molar-refractivity contribution in [2.45, 2.75) is 13.0 Å². The molecular weight excluding hydrogens is 250 g/mol. The lowest BCUT2D eigenvalue weighted by Gasteiger charge is -2.06. The predicted octanol–water partition coefficient (Wildman–Crippen LogP) is 1.89. The summed E-state index contributed by atoms with van der Waals surface area (Å²) in [6, 6.07) is 7.91. The van der Waals surface area contributed by atoms with Gasteiger partial charge in [-0.25, -0.2) is 0 Å². The van der Waals surface area contributed by atoms with Crippen LogP contribution in [0.5, 0.6) is 5.75 Å². The second-order valence-corrected chi connectivity index (χ2v) is 4.55. The van der Waals surface area contributed by atoms with Crippen molar-refractivity contribution in [1.29, 1.82) is 0 Å². The van der Waals surface area contributed by atoms with Gasteiger partial charge in [-0.15, -0.1) is 5.10 Å². The van der Waals surface area contributed by atoms with E-state index in [4.69, 9.17) is 15.2 Å². The number of methoxy groups -OCH3 is 1. The first-order chi connectivity index (χ1) is 8.79. The van der Waals surface area contributed by atoms with Gasteiger partial charge in [0.05, 0.1) is 6.61 Å². The Kier molecular flexibility index (Phi) is 4.49. The van der Waals surface area contributed by atoms with E-state index in [-0.39, 0.29) is 0 Å². The van der Waals surface area contributed by atoms with Crippen LogP contribution in [0.3, 0.4) is 0 Å². The lowest BCUT2D eigenvalue weighted by atomic mass is 10.1. The number of benzene rings is 1. The standard InChI is InChI=1S/C12H15N3O2S/c1-16-7-6-9-2-4-10(5-3-9)17-8-11-12(13)18-15-14-11/h2-5H,6-8,13H2,1H3. The molecule has 1 aromatic carbocycles. The minimum atomic E-state index is 0.347. The summed E-state index contributed by atoms with van der Waals surface area (Å²) in [5.41, 5.74) is 7.59. The van der Waals surface area contributed by atoms with Crippen molar-refractivity contribution >= 4 is 16.5 Å². The summed E-state index contributed by atoms with van der Waals surface area (Å²) in [5, 5.41) is 4.49. The molecule has 0 saturated carbocycles. The van der Waals surface area contributed by atoms with Gasteiger partial charge in [-0.2, -0.15) is 0 Å². The van der Waals surface area contributed by atoms with Crippen LogP contribution >= 0.6 is 11.5 Å². The van der Waals surface area contributed by atoms with E-state index in [1.165, 1.54) is 17.1 Å². The summed E-state index contributed by atoms with van der Waals surface area (Å²) < 4.78 is 14.4. The van der Waals surface area contributed by atoms with E-state index in [0.717, 1.165) is 18.8 Å². The molecule has 2 N–H and O–H groups in total. The van der Waals surface area contributed by atoms with Crippen LogP contribution in [-0.4, -0.2) is 23.3 Å². The highest BCUT2D eigenvalue weighted by Crippen LogP contribution is 2.17. The molecule has 0 saturated heterocycles. The Bertz CT molecular complexity index is 484. The zero-order chi connectivity index (χ0) is 12.8.